The smallest absolute Gasteiger partial charge is 0.325 e. The summed E-state index contributed by atoms with van der Waals surface area (Å²) in [4.78, 5) is 37.3. The van der Waals surface area contributed by atoms with E-state index >= 15 is 0 Å². The van der Waals surface area contributed by atoms with Crippen molar-refractivity contribution < 1.29 is 14.4 Å². The molecule has 1 aromatic carbocycles. The normalized spacial score (nSPS) is 19.0. The van der Waals surface area contributed by atoms with Crippen molar-refractivity contribution in [1.82, 2.24) is 10.2 Å². The zero-order valence-electron chi connectivity index (χ0n) is 12.4. The van der Waals surface area contributed by atoms with Gasteiger partial charge in [0.25, 0.3) is 5.91 Å². The van der Waals surface area contributed by atoms with Gasteiger partial charge in [0, 0.05) is 10.7 Å². The van der Waals surface area contributed by atoms with Crippen molar-refractivity contribution in [2.75, 3.05) is 5.32 Å². The molecule has 0 bridgehead atoms. The molecule has 1 aliphatic heterocycles. The van der Waals surface area contributed by atoms with Gasteiger partial charge in [-0.2, -0.15) is 0 Å². The number of rotatable bonds is 5. The first-order valence-corrected chi connectivity index (χ1v) is 7.51. The number of halogens is 1. The van der Waals surface area contributed by atoms with Gasteiger partial charge < -0.3 is 10.6 Å². The van der Waals surface area contributed by atoms with Crippen LogP contribution in [0.5, 0.6) is 0 Å². The number of carbonyl (C=O) groups excluding carboxylic acids is 3. The highest BCUT2D eigenvalue weighted by atomic mass is 35.5. The van der Waals surface area contributed by atoms with Gasteiger partial charge in [-0.1, -0.05) is 24.9 Å². The maximum absolute atomic E-state index is 12.2. The van der Waals surface area contributed by atoms with E-state index in [4.69, 9.17) is 11.6 Å². The molecule has 7 heteroatoms. The van der Waals surface area contributed by atoms with Crippen molar-refractivity contribution in [3.8, 4) is 0 Å². The third kappa shape index (κ3) is 3.39. The number of nitrogens with zero attached hydrogens (tertiary/aromatic N) is 1. The minimum absolute atomic E-state index is 0.356. The lowest BCUT2D eigenvalue weighted by Gasteiger charge is -2.20. The Morgan fingerprint density at radius 3 is 2.59 bits per heavy atom. The number of urea groups is 1. The van der Waals surface area contributed by atoms with E-state index in [0.717, 1.165) is 11.3 Å². The monoisotopic (exact) mass is 323 g/mol. The second-order valence-corrected chi connectivity index (χ2v) is 5.61. The van der Waals surface area contributed by atoms with Crippen LogP contribution in [0.4, 0.5) is 10.5 Å². The van der Waals surface area contributed by atoms with Crippen LogP contribution < -0.4 is 10.6 Å². The van der Waals surface area contributed by atoms with E-state index in [9.17, 15) is 14.4 Å². The average Bonchev–Trinajstić information content (AvgIpc) is 2.75. The molecule has 0 unspecified atom stereocenters. The number of carbonyl (C=O) groups is 3. The minimum Gasteiger partial charge on any atom is -0.326 e. The number of imide groups is 1. The summed E-state index contributed by atoms with van der Waals surface area (Å²) in [7, 11) is 0. The van der Waals surface area contributed by atoms with E-state index in [1.165, 1.54) is 6.92 Å². The quantitative estimate of drug-likeness (QED) is 0.817. The van der Waals surface area contributed by atoms with Gasteiger partial charge in [0.05, 0.1) is 0 Å². The van der Waals surface area contributed by atoms with Crippen LogP contribution >= 0.6 is 11.6 Å². The largest absolute Gasteiger partial charge is 0.326 e. The van der Waals surface area contributed by atoms with E-state index in [1.807, 2.05) is 6.92 Å². The van der Waals surface area contributed by atoms with Crippen LogP contribution in [-0.2, 0) is 9.59 Å². The highest BCUT2D eigenvalue weighted by Gasteiger charge is 2.42. The molecule has 0 aliphatic carbocycles. The third-order valence-electron chi connectivity index (χ3n) is 3.51. The summed E-state index contributed by atoms with van der Waals surface area (Å²) in [6.45, 7) is 3.45. The molecule has 4 amide bonds. The predicted molar refractivity (Wildman–Crippen MR) is 83.6 cm³/mol. The summed E-state index contributed by atoms with van der Waals surface area (Å²) in [6, 6.07) is 4.65. The van der Waals surface area contributed by atoms with Gasteiger partial charge in [-0.15, -0.1) is 0 Å². The SMILES string of the molecule is CCC[C@H]1NC(=O)N([C@@H](C)C(=O)Nc2ccc(Cl)cc2)C1=O. The van der Waals surface area contributed by atoms with E-state index < -0.39 is 24.0 Å². The Labute approximate surface area is 133 Å². The number of hydrogen-bond donors (Lipinski definition) is 2. The second kappa shape index (κ2) is 6.79. The summed E-state index contributed by atoms with van der Waals surface area (Å²) in [5, 5.41) is 5.82. The lowest BCUT2D eigenvalue weighted by Crippen LogP contribution is -2.46. The molecule has 1 fully saturated rings. The Kier molecular flexibility index (Phi) is 5.03. The Bertz CT molecular complexity index is 588. The average molecular weight is 324 g/mol. The number of hydrogen-bond acceptors (Lipinski definition) is 3. The molecule has 1 aromatic rings. The van der Waals surface area contributed by atoms with E-state index in [0.29, 0.717) is 17.1 Å². The molecule has 6 nitrogen and oxygen atoms in total. The Balaban J connectivity index is 2.05. The van der Waals surface area contributed by atoms with Crippen molar-refractivity contribution in [1.29, 1.82) is 0 Å². The zero-order valence-corrected chi connectivity index (χ0v) is 13.2. The van der Waals surface area contributed by atoms with Crippen LogP contribution in [0.2, 0.25) is 5.02 Å². The standard InChI is InChI=1S/C15H18ClN3O3/c1-3-4-12-14(21)19(15(22)18-12)9(2)13(20)17-11-7-5-10(16)6-8-11/h5-9,12H,3-4H2,1-2H3,(H,17,20)(H,18,22)/t9-,12+/m0/s1. The summed E-state index contributed by atoms with van der Waals surface area (Å²) >= 11 is 5.78. The van der Waals surface area contributed by atoms with Gasteiger partial charge in [0.15, 0.2) is 0 Å². The molecule has 1 heterocycles. The van der Waals surface area contributed by atoms with Crippen molar-refractivity contribution in [2.24, 2.45) is 0 Å². The lowest BCUT2D eigenvalue weighted by atomic mass is 10.1. The zero-order chi connectivity index (χ0) is 16.3. The molecule has 2 atom stereocenters. The maximum Gasteiger partial charge on any atom is 0.325 e. The molecule has 2 rings (SSSR count). The number of nitrogens with one attached hydrogen (secondary N) is 2. The molecular formula is C15H18ClN3O3. The van der Waals surface area contributed by atoms with Gasteiger partial charge in [-0.25, -0.2) is 4.79 Å². The summed E-state index contributed by atoms with van der Waals surface area (Å²) in [6.07, 6.45) is 1.34. The van der Waals surface area contributed by atoms with Gasteiger partial charge >= 0.3 is 6.03 Å². The first-order chi connectivity index (χ1) is 10.4. The summed E-state index contributed by atoms with van der Waals surface area (Å²) in [5.74, 6) is -0.784. The van der Waals surface area contributed by atoms with Crippen LogP contribution in [0.15, 0.2) is 24.3 Å². The van der Waals surface area contributed by atoms with E-state index in [1.54, 1.807) is 24.3 Å². The van der Waals surface area contributed by atoms with Crippen molar-refractivity contribution in [2.45, 2.75) is 38.8 Å². The van der Waals surface area contributed by atoms with Crippen molar-refractivity contribution >= 4 is 35.1 Å². The minimum atomic E-state index is -0.884. The Morgan fingerprint density at radius 2 is 2.00 bits per heavy atom. The van der Waals surface area contributed by atoms with Crippen LogP contribution in [0, 0.1) is 0 Å². The van der Waals surface area contributed by atoms with Crippen molar-refractivity contribution in [3.05, 3.63) is 29.3 Å². The number of amides is 4. The van der Waals surface area contributed by atoms with Crippen LogP contribution in [0.3, 0.4) is 0 Å². The van der Waals surface area contributed by atoms with Gasteiger partial charge in [0.1, 0.15) is 12.1 Å². The molecule has 0 aromatic heterocycles. The van der Waals surface area contributed by atoms with Gasteiger partial charge in [-0.05, 0) is 37.6 Å². The van der Waals surface area contributed by atoms with Crippen LogP contribution in [-0.4, -0.2) is 34.8 Å². The third-order valence-corrected chi connectivity index (χ3v) is 3.76. The molecule has 0 saturated carbocycles. The summed E-state index contributed by atoms with van der Waals surface area (Å²) < 4.78 is 0. The molecule has 22 heavy (non-hydrogen) atoms. The fourth-order valence-corrected chi connectivity index (χ4v) is 2.42. The van der Waals surface area contributed by atoms with Crippen LogP contribution in [0.25, 0.3) is 0 Å². The molecule has 2 N–H and O–H groups in total. The van der Waals surface area contributed by atoms with Crippen LogP contribution in [0.1, 0.15) is 26.7 Å². The Morgan fingerprint density at radius 1 is 1.36 bits per heavy atom. The molecule has 118 valence electrons. The molecule has 0 spiro atoms. The van der Waals surface area contributed by atoms with Crippen molar-refractivity contribution in [3.63, 3.8) is 0 Å². The van der Waals surface area contributed by atoms with Gasteiger partial charge in [-0.3, -0.25) is 14.5 Å². The predicted octanol–water partition coefficient (Wildman–Crippen LogP) is 2.39. The molecule has 0 radical (unpaired) electrons. The second-order valence-electron chi connectivity index (χ2n) is 5.17. The first-order valence-electron chi connectivity index (χ1n) is 7.14. The summed E-state index contributed by atoms with van der Waals surface area (Å²) in [5.41, 5.74) is 0.554. The highest BCUT2D eigenvalue weighted by molar-refractivity contribution is 6.30. The molecular weight excluding hydrogens is 306 g/mol. The number of benzene rings is 1. The fraction of sp³-hybridized carbons (Fsp3) is 0.400. The van der Waals surface area contributed by atoms with E-state index in [-0.39, 0.29) is 5.91 Å². The Hall–Kier alpha value is -2.08. The molecule has 1 saturated heterocycles. The topological polar surface area (TPSA) is 78.5 Å². The first kappa shape index (κ1) is 16.3. The molecule has 1 aliphatic rings. The number of anilines is 1. The van der Waals surface area contributed by atoms with E-state index in [2.05, 4.69) is 10.6 Å². The van der Waals surface area contributed by atoms with Gasteiger partial charge in [0.2, 0.25) is 5.91 Å². The fourth-order valence-electron chi connectivity index (χ4n) is 2.30. The lowest BCUT2D eigenvalue weighted by molar-refractivity contribution is -0.133. The maximum atomic E-state index is 12.2. The highest BCUT2D eigenvalue weighted by Crippen LogP contribution is 2.17.